The number of nitrogens with zero attached hydrogens (tertiary/aromatic N) is 1. The normalized spacial score (nSPS) is 24.7. The Balaban J connectivity index is 1.32. The Morgan fingerprint density at radius 2 is 1.73 bits per heavy atom. The summed E-state index contributed by atoms with van der Waals surface area (Å²) in [7, 11) is 4.48. The number of epoxide rings is 1. The van der Waals surface area contributed by atoms with Crippen molar-refractivity contribution in [3.8, 4) is 5.75 Å². The van der Waals surface area contributed by atoms with Crippen molar-refractivity contribution in [1.29, 1.82) is 0 Å². The maximum Gasteiger partial charge on any atom is 0.412 e. The molecule has 3 heterocycles. The molecule has 6 N–H and O–H groups in total. The number of methoxy groups -OCH3 is 2. The number of carbonyl (C=O) groups excluding carboxylic acids is 8. The first kappa shape index (κ1) is 68.9. The fourth-order valence-corrected chi connectivity index (χ4v) is 11.9. The van der Waals surface area contributed by atoms with Gasteiger partial charge in [0.15, 0.2) is 5.78 Å². The van der Waals surface area contributed by atoms with Crippen molar-refractivity contribution in [2.75, 3.05) is 38.0 Å². The quantitative estimate of drug-likeness (QED) is 0.0268. The number of rotatable bonds is 25. The van der Waals surface area contributed by atoms with Crippen molar-refractivity contribution < 1.29 is 71.9 Å². The van der Waals surface area contributed by atoms with Crippen molar-refractivity contribution in [3.63, 3.8) is 0 Å². The molecule has 0 saturated carbocycles. The van der Waals surface area contributed by atoms with Gasteiger partial charge in [0, 0.05) is 62.7 Å². The van der Waals surface area contributed by atoms with Gasteiger partial charge < -0.3 is 54.8 Å². The average molecular weight is 1260 g/mol. The molecule has 5 amide bonds. The second-order valence-corrected chi connectivity index (χ2v) is 24.4. The molecule has 10 atom stereocenters. The molecule has 2 saturated heterocycles. The molecule has 22 heteroatoms. The van der Waals surface area contributed by atoms with E-state index in [0.29, 0.717) is 66.4 Å². The first-order valence-electron chi connectivity index (χ1n) is 29.1. The highest BCUT2D eigenvalue weighted by Gasteiger charge is 2.64. The summed E-state index contributed by atoms with van der Waals surface area (Å²) in [5.74, 6) is -3.55. The minimum Gasteiger partial charge on any atom is -0.495 e. The molecule has 5 rings (SSSR count). The average Bonchev–Trinajstić information content (AvgIpc) is 1.67. The van der Waals surface area contributed by atoms with Crippen molar-refractivity contribution in [2.45, 2.75) is 193 Å². The second-order valence-electron chi connectivity index (χ2n) is 23.2. The number of carbonyl (C=O) groups is 8. The van der Waals surface area contributed by atoms with Gasteiger partial charge in [-0.05, 0) is 129 Å². The molecule has 464 valence electrons. The third-order valence-corrected chi connectivity index (χ3v) is 17.4. The second kappa shape index (κ2) is 31.5. The fourth-order valence-electron chi connectivity index (χ4n) is 11.0. The number of halogens is 2. The van der Waals surface area contributed by atoms with Gasteiger partial charge in [0.1, 0.15) is 46.1 Å². The van der Waals surface area contributed by atoms with Crippen molar-refractivity contribution >= 4 is 86.3 Å². The number of primary amides is 1. The number of benzene rings is 2. The lowest BCUT2D eigenvalue weighted by atomic mass is 9.78. The summed E-state index contributed by atoms with van der Waals surface area (Å²) in [5, 5.41) is 20.4. The Kier molecular flexibility index (Phi) is 25.8. The van der Waals surface area contributed by atoms with E-state index in [9.17, 15) is 43.5 Å². The molecule has 4 bridgehead atoms. The number of urea groups is 1. The van der Waals surface area contributed by atoms with Gasteiger partial charge in [0.2, 0.25) is 11.8 Å². The number of hydrogen-bond acceptors (Lipinski definition) is 15. The van der Waals surface area contributed by atoms with Crippen LogP contribution in [0.3, 0.4) is 0 Å². The number of ketones is 2. The lowest BCUT2D eigenvalue weighted by Gasteiger charge is -2.41. The summed E-state index contributed by atoms with van der Waals surface area (Å²) < 4.78 is 35.7. The van der Waals surface area contributed by atoms with Gasteiger partial charge in [-0.2, -0.15) is 0 Å². The lowest BCUT2D eigenvalue weighted by Crippen LogP contribution is -2.53. The summed E-state index contributed by atoms with van der Waals surface area (Å²) in [5.41, 5.74) is 5.14. The zero-order chi connectivity index (χ0) is 62.2. The van der Waals surface area contributed by atoms with Gasteiger partial charge in [-0.15, -0.1) is 0 Å². The van der Waals surface area contributed by atoms with Crippen molar-refractivity contribution in [3.05, 3.63) is 74.8 Å². The number of unbranched alkanes of at least 4 members (excludes halogenated alkanes) is 1. The molecule has 2 aromatic carbocycles. The van der Waals surface area contributed by atoms with E-state index in [1.54, 1.807) is 63.4 Å². The highest BCUT2D eigenvalue weighted by atomic mass is 79.9. The van der Waals surface area contributed by atoms with Gasteiger partial charge in [0.25, 0.3) is 0 Å². The number of amides is 5. The predicted molar refractivity (Wildman–Crippen MR) is 321 cm³/mol. The van der Waals surface area contributed by atoms with Crippen molar-refractivity contribution in [2.24, 2.45) is 29.4 Å². The molecule has 3 aliphatic heterocycles. The summed E-state index contributed by atoms with van der Waals surface area (Å²) in [6.07, 6.45) is 3.90. The number of nitrogens with one attached hydrogen (secondary N) is 3. The van der Waals surface area contributed by atoms with Crippen LogP contribution < -0.4 is 31.3 Å². The highest BCUT2D eigenvalue weighted by Crippen LogP contribution is 2.50. The maximum atomic E-state index is 14.5. The molecule has 3 aliphatic rings. The molecular formula is C62H87BrClN5O15. The zero-order valence-corrected chi connectivity index (χ0v) is 52.8. The largest absolute Gasteiger partial charge is 0.495 e. The van der Waals surface area contributed by atoms with E-state index in [1.165, 1.54) is 19.1 Å². The van der Waals surface area contributed by atoms with Crippen LogP contribution in [0.5, 0.6) is 5.75 Å². The molecule has 1 unspecified atom stereocenters. The van der Waals surface area contributed by atoms with Crippen molar-refractivity contribution in [1.82, 2.24) is 10.6 Å². The number of Topliss-reactive ketones (excluding diaryl/α,β-unsaturated/α-hetero) is 2. The standard InChI is InChI=1S/C62H87BrClN5O15/c1-12-41(13-2)58(75)81-37(6)19-14-15-20-42(70)31-43(35(3)4)57(74)67-46(21-17-25-66-59(65)76)48(71)29-39-23-24-45(44(63)27-39)68-60(77)83-52-32-53(72)69(9)47-28-40(30-49(79-10)55(47)64)26-36(5)18-16-22-51(80-11)62(78)33-50(82-54(73)34-62)38(7)56-61(52,8)84-56/h16,18,22-24,27-28,30,35,37-38,41,43,46,50-52,56,78H,12-15,17,19-21,25-26,29,31-34H2,1-11H3,(H,67,74)(H,68,77)(H3,65,66,76)/b22-16+,36-18+/t37?,38-,43+,46+,50+,51-,52+,56+,61+,62-/m1/s1. The van der Waals surface area contributed by atoms with Crippen LogP contribution in [0.4, 0.5) is 21.0 Å². The Morgan fingerprint density at radius 1 is 1.01 bits per heavy atom. The lowest BCUT2D eigenvalue weighted by molar-refractivity contribution is -0.187. The Morgan fingerprint density at radius 3 is 2.37 bits per heavy atom. The molecular weight excluding hydrogens is 1170 g/mol. The van der Waals surface area contributed by atoms with Crippen LogP contribution in [-0.2, 0) is 65.3 Å². The number of nitrogens with two attached hydrogens (primary N) is 1. The molecule has 0 radical (unpaired) electrons. The SMILES string of the molecule is CCC(CC)C(=O)OC(C)CCCCC(=O)C[C@H](C(=O)N[C@@H](CCCNC(N)=O)C(=O)Cc1ccc(NC(=O)O[C@H]2CC(=O)N(C)c3cc(cc(OC)c3Cl)C/C(C)=C/C=C/[C@@H](OC)[C@]3(O)CC(=O)O[C@@H](C3)[C@@H](C)[C@@H]3O[C@@]23C)c(Br)c1)C(C)C. The van der Waals surface area contributed by atoms with Crippen LogP contribution in [-0.4, -0.2) is 128 Å². The Hall–Kier alpha value is -5.87. The maximum absolute atomic E-state index is 14.5. The van der Waals surface area contributed by atoms with Gasteiger partial charge in [0.05, 0.1) is 55.5 Å². The van der Waals surface area contributed by atoms with Crippen LogP contribution in [0.25, 0.3) is 0 Å². The molecule has 2 fully saturated rings. The van der Waals surface area contributed by atoms with E-state index in [2.05, 4.69) is 31.9 Å². The van der Waals surface area contributed by atoms with E-state index < -0.39 is 83.4 Å². The minimum absolute atomic E-state index is 0.00243. The molecule has 0 aliphatic carbocycles. The van der Waals surface area contributed by atoms with Gasteiger partial charge in [-0.25, -0.2) is 9.59 Å². The molecule has 0 aromatic heterocycles. The summed E-state index contributed by atoms with van der Waals surface area (Å²) >= 11 is 10.4. The number of ether oxygens (including phenoxy) is 6. The molecule has 2 aromatic rings. The third-order valence-electron chi connectivity index (χ3n) is 16.3. The monoisotopic (exact) mass is 1260 g/mol. The van der Waals surface area contributed by atoms with Gasteiger partial charge in [-0.1, -0.05) is 76.1 Å². The predicted octanol–water partition coefficient (Wildman–Crippen LogP) is 9.59. The number of esters is 2. The van der Waals surface area contributed by atoms with Gasteiger partial charge >= 0.3 is 24.1 Å². The van der Waals surface area contributed by atoms with Crippen LogP contribution >= 0.6 is 27.5 Å². The molecule has 20 nitrogen and oxygen atoms in total. The number of anilines is 2. The van der Waals surface area contributed by atoms with E-state index in [1.807, 2.05) is 47.6 Å². The van der Waals surface area contributed by atoms with Crippen LogP contribution in [0.15, 0.2) is 58.6 Å². The summed E-state index contributed by atoms with van der Waals surface area (Å²) in [6.45, 7) is 15.0. The number of aliphatic hydroxyl groups is 1. The third kappa shape index (κ3) is 19.1. The number of fused-ring (bicyclic) bond motifs is 5. The van der Waals surface area contributed by atoms with E-state index in [0.717, 1.165) is 11.1 Å². The Bertz CT molecular complexity index is 2750. The van der Waals surface area contributed by atoms with Crippen LogP contribution in [0.1, 0.15) is 144 Å². The first-order chi connectivity index (χ1) is 39.7. The number of allylic oxidation sites excluding steroid dienone is 3. The summed E-state index contributed by atoms with van der Waals surface area (Å²) in [6, 6.07) is 6.64. The highest BCUT2D eigenvalue weighted by molar-refractivity contribution is 9.10. The van der Waals surface area contributed by atoms with E-state index in [4.69, 9.17) is 45.8 Å². The Labute approximate surface area is 507 Å². The van der Waals surface area contributed by atoms with Gasteiger partial charge in [-0.3, -0.25) is 34.1 Å². The van der Waals surface area contributed by atoms with Crippen LogP contribution in [0, 0.1) is 23.7 Å². The fraction of sp³-hybridized carbons (Fsp3) is 0.613. The molecule has 84 heavy (non-hydrogen) atoms. The summed E-state index contributed by atoms with van der Waals surface area (Å²) in [4.78, 5) is 108. The van der Waals surface area contributed by atoms with E-state index in [-0.39, 0.29) is 97.7 Å². The van der Waals surface area contributed by atoms with E-state index >= 15 is 0 Å². The topological polar surface area (TPSA) is 281 Å². The molecule has 0 spiro atoms. The first-order valence-corrected chi connectivity index (χ1v) is 30.3. The minimum atomic E-state index is -1.64. The zero-order valence-electron chi connectivity index (χ0n) is 50.4. The smallest absolute Gasteiger partial charge is 0.412 e. The van der Waals surface area contributed by atoms with Crippen LogP contribution in [0.2, 0.25) is 5.02 Å². The number of hydrogen-bond donors (Lipinski definition) is 5.